The van der Waals surface area contributed by atoms with Gasteiger partial charge in [-0.05, 0) is 31.5 Å². The van der Waals surface area contributed by atoms with Crippen molar-refractivity contribution >= 4 is 53.1 Å². The van der Waals surface area contributed by atoms with Gasteiger partial charge in [-0.25, -0.2) is 0 Å². The van der Waals surface area contributed by atoms with E-state index in [0.717, 1.165) is 0 Å². The monoisotopic (exact) mass is 365 g/mol. The summed E-state index contributed by atoms with van der Waals surface area (Å²) in [7, 11) is 0. The molecule has 122 valence electrons. The first-order valence-corrected chi connectivity index (χ1v) is 7.45. The first-order valence-electron chi connectivity index (χ1n) is 6.70. The third-order valence-corrected chi connectivity index (χ3v) is 4.00. The van der Waals surface area contributed by atoms with Gasteiger partial charge in [0.05, 0.1) is 10.0 Å². The number of nitrogens with two attached hydrogens (primary N) is 1. The lowest BCUT2D eigenvalue weighted by Gasteiger charge is -2.18. The van der Waals surface area contributed by atoms with Crippen molar-refractivity contribution in [2.45, 2.75) is 31.8 Å². The van der Waals surface area contributed by atoms with Gasteiger partial charge in [-0.15, -0.1) is 12.4 Å². The minimum Gasteiger partial charge on any atom is -0.344 e. The summed E-state index contributed by atoms with van der Waals surface area (Å²) in [6.45, 7) is 2.28. The third-order valence-electron chi connectivity index (χ3n) is 3.26. The van der Waals surface area contributed by atoms with Gasteiger partial charge in [-0.2, -0.15) is 0 Å². The molecule has 1 aliphatic heterocycles. The number of anilines is 1. The Bertz CT molecular complexity index is 566. The van der Waals surface area contributed by atoms with Gasteiger partial charge < -0.3 is 16.0 Å². The third kappa shape index (κ3) is 4.49. The summed E-state index contributed by atoms with van der Waals surface area (Å²) in [6, 6.07) is 4.29. The van der Waals surface area contributed by atoms with Crippen molar-refractivity contribution in [3.05, 3.63) is 28.2 Å². The second-order valence-corrected chi connectivity index (χ2v) is 5.99. The number of halogens is 3. The molecule has 0 radical (unpaired) electrons. The van der Waals surface area contributed by atoms with Gasteiger partial charge in [-0.3, -0.25) is 9.59 Å². The number of rotatable bonds is 4. The van der Waals surface area contributed by atoms with Crippen LogP contribution in [0.4, 0.5) is 5.69 Å². The fourth-order valence-corrected chi connectivity index (χ4v) is 2.56. The molecule has 1 aromatic rings. The maximum absolute atomic E-state index is 12.3. The van der Waals surface area contributed by atoms with E-state index in [2.05, 4.69) is 5.32 Å². The molecule has 2 rings (SSSR count). The number of benzene rings is 1. The van der Waals surface area contributed by atoms with E-state index in [0.29, 0.717) is 28.7 Å². The molecule has 0 aliphatic carbocycles. The molecule has 0 aromatic heterocycles. The lowest BCUT2D eigenvalue weighted by atomic mass is 10.2. The Labute approximate surface area is 145 Å². The smallest absolute Gasteiger partial charge is 0.249 e. The second kappa shape index (κ2) is 8.02. The molecule has 8 heteroatoms. The summed E-state index contributed by atoms with van der Waals surface area (Å²) < 4.78 is 0. The molecular formula is C14H18Cl3N3O2. The van der Waals surface area contributed by atoms with Crippen LogP contribution in [-0.4, -0.2) is 30.4 Å². The van der Waals surface area contributed by atoms with Crippen molar-refractivity contribution in [3.8, 4) is 0 Å². The van der Waals surface area contributed by atoms with Crippen LogP contribution in [0.2, 0.25) is 10.0 Å². The first kappa shape index (κ1) is 19.0. The van der Waals surface area contributed by atoms with E-state index in [1.165, 1.54) is 0 Å². The number of nitrogens with one attached hydrogen (secondary N) is 1. The highest BCUT2D eigenvalue weighted by molar-refractivity contribution is 6.42. The molecule has 3 N–H and O–H groups in total. The maximum atomic E-state index is 12.3. The highest BCUT2D eigenvalue weighted by Gasteiger charge is 2.33. The van der Waals surface area contributed by atoms with Crippen LogP contribution in [-0.2, 0) is 9.59 Å². The molecule has 1 aromatic carbocycles. The van der Waals surface area contributed by atoms with E-state index in [-0.39, 0.29) is 36.7 Å². The topological polar surface area (TPSA) is 75.4 Å². The Morgan fingerprint density at radius 3 is 2.73 bits per heavy atom. The Balaban J connectivity index is 0.00000242. The van der Waals surface area contributed by atoms with E-state index in [1.807, 2.05) is 0 Å². The SMILES string of the molecule is CC(N)CC(=O)NC1CCN(c2ccc(Cl)c(Cl)c2)C1=O.Cl. The standard InChI is InChI=1S/C14H17Cl2N3O2.ClH/c1-8(17)6-13(20)18-12-4-5-19(14(12)21)9-2-3-10(15)11(16)7-9;/h2-3,7-8,12H,4-6,17H2,1H3,(H,18,20);1H. The van der Waals surface area contributed by atoms with Crippen LogP contribution in [0.25, 0.3) is 0 Å². The minimum atomic E-state index is -0.509. The maximum Gasteiger partial charge on any atom is 0.249 e. The summed E-state index contributed by atoms with van der Waals surface area (Å²) in [5, 5.41) is 3.55. The fraction of sp³-hybridized carbons (Fsp3) is 0.429. The van der Waals surface area contributed by atoms with Crippen LogP contribution < -0.4 is 16.0 Å². The van der Waals surface area contributed by atoms with Gasteiger partial charge in [0, 0.05) is 24.7 Å². The van der Waals surface area contributed by atoms with Crippen LogP contribution in [0.15, 0.2) is 18.2 Å². The minimum absolute atomic E-state index is 0. The van der Waals surface area contributed by atoms with Crippen molar-refractivity contribution in [2.24, 2.45) is 5.73 Å². The van der Waals surface area contributed by atoms with Gasteiger partial charge >= 0.3 is 0 Å². The quantitative estimate of drug-likeness (QED) is 0.859. The second-order valence-electron chi connectivity index (χ2n) is 5.18. The van der Waals surface area contributed by atoms with Crippen LogP contribution in [0, 0.1) is 0 Å². The lowest BCUT2D eigenvalue weighted by Crippen LogP contribution is -2.43. The molecule has 5 nitrogen and oxygen atoms in total. The molecule has 22 heavy (non-hydrogen) atoms. The molecular weight excluding hydrogens is 349 g/mol. The Morgan fingerprint density at radius 1 is 1.45 bits per heavy atom. The number of carbonyl (C=O) groups is 2. The molecule has 2 atom stereocenters. The normalized spacial score (nSPS) is 18.8. The van der Waals surface area contributed by atoms with Gasteiger partial charge in [0.2, 0.25) is 11.8 Å². The molecule has 2 amide bonds. The van der Waals surface area contributed by atoms with Crippen molar-refractivity contribution in [2.75, 3.05) is 11.4 Å². The molecule has 1 saturated heterocycles. The van der Waals surface area contributed by atoms with E-state index >= 15 is 0 Å². The first-order chi connectivity index (χ1) is 9.88. The van der Waals surface area contributed by atoms with Crippen molar-refractivity contribution in [3.63, 3.8) is 0 Å². The molecule has 0 bridgehead atoms. The summed E-state index contributed by atoms with van der Waals surface area (Å²) in [5.74, 6) is -0.356. The van der Waals surface area contributed by atoms with E-state index in [4.69, 9.17) is 28.9 Å². The largest absolute Gasteiger partial charge is 0.344 e. The van der Waals surface area contributed by atoms with Crippen LogP contribution in [0.5, 0.6) is 0 Å². The number of hydrogen-bond donors (Lipinski definition) is 2. The van der Waals surface area contributed by atoms with Crippen LogP contribution >= 0.6 is 35.6 Å². The van der Waals surface area contributed by atoms with Gasteiger partial charge in [0.15, 0.2) is 0 Å². The Hall–Kier alpha value is -1.01. The average molecular weight is 367 g/mol. The number of carbonyl (C=O) groups excluding carboxylic acids is 2. The molecule has 0 saturated carbocycles. The van der Waals surface area contributed by atoms with E-state index < -0.39 is 6.04 Å². The number of nitrogens with zero attached hydrogens (tertiary/aromatic N) is 1. The summed E-state index contributed by atoms with van der Waals surface area (Å²) in [5.41, 5.74) is 6.25. The van der Waals surface area contributed by atoms with Gasteiger partial charge in [0.1, 0.15) is 6.04 Å². The predicted molar refractivity (Wildman–Crippen MR) is 90.9 cm³/mol. The number of hydrogen-bond acceptors (Lipinski definition) is 3. The van der Waals surface area contributed by atoms with E-state index in [9.17, 15) is 9.59 Å². The van der Waals surface area contributed by atoms with Crippen molar-refractivity contribution in [1.29, 1.82) is 0 Å². The number of amides is 2. The summed E-state index contributed by atoms with van der Waals surface area (Å²) in [4.78, 5) is 25.6. The van der Waals surface area contributed by atoms with Gasteiger partial charge in [0.25, 0.3) is 0 Å². The van der Waals surface area contributed by atoms with E-state index in [1.54, 1.807) is 30.0 Å². The molecule has 0 spiro atoms. The van der Waals surface area contributed by atoms with Crippen LogP contribution in [0.3, 0.4) is 0 Å². The zero-order valence-corrected chi connectivity index (χ0v) is 14.3. The zero-order valence-electron chi connectivity index (χ0n) is 12.0. The Morgan fingerprint density at radius 2 is 2.14 bits per heavy atom. The average Bonchev–Trinajstić information content (AvgIpc) is 2.74. The Kier molecular flexibility index (Phi) is 6.94. The highest BCUT2D eigenvalue weighted by atomic mass is 35.5. The zero-order chi connectivity index (χ0) is 15.6. The summed E-state index contributed by atoms with van der Waals surface area (Å²) >= 11 is 11.8. The fourth-order valence-electron chi connectivity index (χ4n) is 2.27. The predicted octanol–water partition coefficient (Wildman–Crippen LogP) is 2.37. The molecule has 2 unspecified atom stereocenters. The van der Waals surface area contributed by atoms with Crippen molar-refractivity contribution in [1.82, 2.24) is 5.32 Å². The molecule has 1 fully saturated rings. The lowest BCUT2D eigenvalue weighted by molar-refractivity contribution is -0.126. The molecule has 1 heterocycles. The van der Waals surface area contributed by atoms with Gasteiger partial charge in [-0.1, -0.05) is 23.2 Å². The van der Waals surface area contributed by atoms with Crippen molar-refractivity contribution < 1.29 is 9.59 Å². The highest BCUT2D eigenvalue weighted by Crippen LogP contribution is 2.29. The van der Waals surface area contributed by atoms with Crippen LogP contribution in [0.1, 0.15) is 19.8 Å². The molecule has 1 aliphatic rings. The summed E-state index contributed by atoms with van der Waals surface area (Å²) in [6.07, 6.45) is 0.764.